The number of hydrogen-bond donors (Lipinski definition) is 2. The van der Waals surface area contributed by atoms with Crippen LogP contribution in [0.3, 0.4) is 0 Å². The minimum Gasteiger partial charge on any atom is -0.478 e. The Morgan fingerprint density at radius 2 is 2.06 bits per heavy atom. The highest BCUT2D eigenvalue weighted by Gasteiger charge is 2.35. The Hall–Kier alpha value is -1.89. The average Bonchev–Trinajstić information content (AvgIpc) is 2.23. The van der Waals surface area contributed by atoms with E-state index < -0.39 is 31.4 Å². The minimum atomic E-state index is -4.18. The molecule has 0 amide bonds. The molecule has 0 radical (unpaired) electrons. The van der Waals surface area contributed by atoms with E-state index >= 15 is 0 Å². The number of carbonyl (C=O) groups excluding carboxylic acids is 1. The second-order valence-corrected chi connectivity index (χ2v) is 5.09. The van der Waals surface area contributed by atoms with Gasteiger partial charge in [0.15, 0.2) is 0 Å². The Balaban J connectivity index is 2.83. The van der Waals surface area contributed by atoms with Crippen LogP contribution >= 0.6 is 0 Å². The van der Waals surface area contributed by atoms with Crippen LogP contribution in [0.25, 0.3) is 0 Å². The molecule has 6 nitrogen and oxygen atoms in total. The van der Waals surface area contributed by atoms with Crippen molar-refractivity contribution in [2.75, 3.05) is 11.9 Å². The maximum atomic E-state index is 11.7. The van der Waals surface area contributed by atoms with E-state index in [1.165, 1.54) is 12.1 Å². The first kappa shape index (κ1) is 10.6. The van der Waals surface area contributed by atoms with Crippen molar-refractivity contribution in [3.05, 3.63) is 23.8 Å². The molecule has 16 heavy (non-hydrogen) atoms. The summed E-state index contributed by atoms with van der Waals surface area (Å²) in [5.41, 5.74) is -0.238. The first-order valence-corrected chi connectivity index (χ1v) is 5.81. The molecule has 2 N–H and O–H groups in total. The van der Waals surface area contributed by atoms with Crippen molar-refractivity contribution in [2.24, 2.45) is 0 Å². The molecule has 0 fully saturated rings. The van der Waals surface area contributed by atoms with E-state index in [0.717, 1.165) is 6.07 Å². The van der Waals surface area contributed by atoms with E-state index in [4.69, 9.17) is 5.11 Å². The van der Waals surface area contributed by atoms with Crippen LogP contribution in [0.15, 0.2) is 23.1 Å². The lowest BCUT2D eigenvalue weighted by molar-refractivity contribution is -0.110. The monoisotopic (exact) mass is 241 g/mol. The number of carboxylic acid groups (broad SMARTS) is 1. The fourth-order valence-electron chi connectivity index (χ4n) is 1.51. The third-order valence-electron chi connectivity index (χ3n) is 2.24. The summed E-state index contributed by atoms with van der Waals surface area (Å²) in [7, 11) is -4.18. The Labute approximate surface area is 90.8 Å². The van der Waals surface area contributed by atoms with E-state index in [-0.39, 0.29) is 12.2 Å². The molecule has 1 heterocycles. The zero-order valence-electron chi connectivity index (χ0n) is 7.93. The normalized spacial score (nSPS) is 17.4. The van der Waals surface area contributed by atoms with Gasteiger partial charge in [0.05, 0.1) is 17.8 Å². The number of benzene rings is 1. The predicted molar refractivity (Wildman–Crippen MR) is 54.1 cm³/mol. The highest BCUT2D eigenvalue weighted by molar-refractivity contribution is 8.06. The second kappa shape index (κ2) is 3.31. The molecule has 0 aliphatic carbocycles. The Morgan fingerprint density at radius 1 is 1.38 bits per heavy atom. The van der Waals surface area contributed by atoms with Crippen LogP contribution in [0, 0.1) is 0 Å². The average molecular weight is 241 g/mol. The van der Waals surface area contributed by atoms with Gasteiger partial charge in [-0.25, -0.2) is 13.2 Å². The highest BCUT2D eigenvalue weighted by Crippen LogP contribution is 2.30. The molecule has 1 aliphatic heterocycles. The Morgan fingerprint density at radius 3 is 2.69 bits per heavy atom. The summed E-state index contributed by atoms with van der Waals surface area (Å²) in [5.74, 6) is -1.38. The van der Waals surface area contributed by atoms with Gasteiger partial charge in [0, 0.05) is 0 Å². The van der Waals surface area contributed by atoms with Gasteiger partial charge in [-0.05, 0) is 12.1 Å². The van der Waals surface area contributed by atoms with E-state index in [2.05, 4.69) is 5.32 Å². The maximum absolute atomic E-state index is 11.7. The van der Waals surface area contributed by atoms with Crippen molar-refractivity contribution < 1.29 is 23.1 Å². The van der Waals surface area contributed by atoms with Crippen molar-refractivity contribution in [2.45, 2.75) is 4.90 Å². The summed E-state index contributed by atoms with van der Waals surface area (Å²) in [6, 6.07) is 3.99. The number of carboxylic acids is 1. The molecule has 2 rings (SSSR count). The summed E-state index contributed by atoms with van der Waals surface area (Å²) < 4.78 is 23.4. The summed E-state index contributed by atoms with van der Waals surface area (Å²) in [6.07, 6.45) is 0. The summed E-state index contributed by atoms with van der Waals surface area (Å²) in [5, 5.41) is 10.4. The molecule has 84 valence electrons. The fraction of sp³-hybridized carbons (Fsp3) is 0.111. The van der Waals surface area contributed by atoms with E-state index in [9.17, 15) is 18.0 Å². The molecule has 0 unspecified atom stereocenters. The molecule has 1 aliphatic rings. The van der Waals surface area contributed by atoms with Crippen LogP contribution in [0.2, 0.25) is 0 Å². The molecule has 0 bridgehead atoms. The maximum Gasteiger partial charge on any atom is 0.337 e. The molecule has 1 aromatic carbocycles. The molecule has 0 saturated carbocycles. The molecule has 1 aromatic rings. The van der Waals surface area contributed by atoms with Gasteiger partial charge in [-0.3, -0.25) is 4.79 Å². The molecular formula is C9H7NO5S. The van der Waals surface area contributed by atoms with Gasteiger partial charge < -0.3 is 10.4 Å². The van der Waals surface area contributed by atoms with Crippen molar-refractivity contribution in [3.63, 3.8) is 0 Å². The number of rotatable bonds is 1. The zero-order chi connectivity index (χ0) is 11.9. The molecule has 0 aromatic heterocycles. The number of fused-ring (bicyclic) bond motifs is 1. The smallest absolute Gasteiger partial charge is 0.337 e. The van der Waals surface area contributed by atoms with Crippen molar-refractivity contribution >= 4 is 26.6 Å². The van der Waals surface area contributed by atoms with E-state index in [1.807, 2.05) is 0 Å². The van der Waals surface area contributed by atoms with Gasteiger partial charge in [-0.15, -0.1) is 0 Å². The van der Waals surface area contributed by atoms with Crippen molar-refractivity contribution in [3.8, 4) is 0 Å². The van der Waals surface area contributed by atoms with Crippen LogP contribution in [0.5, 0.6) is 0 Å². The molecular weight excluding hydrogens is 234 g/mol. The Bertz CT molecular complexity index is 590. The molecule has 7 heteroatoms. The second-order valence-electron chi connectivity index (χ2n) is 3.22. The van der Waals surface area contributed by atoms with Crippen LogP contribution < -0.4 is 5.32 Å². The SMILES string of the molecule is O=C(O)c1cccc2c1S(=O)(=O)C(=O)CN2. The van der Waals surface area contributed by atoms with E-state index in [1.54, 1.807) is 0 Å². The Kier molecular flexibility index (Phi) is 2.20. The third kappa shape index (κ3) is 1.36. The lowest BCUT2D eigenvalue weighted by Crippen LogP contribution is -2.31. The van der Waals surface area contributed by atoms with Gasteiger partial charge >= 0.3 is 5.97 Å². The summed E-state index contributed by atoms with van der Waals surface area (Å²) in [6.45, 7) is -0.335. The highest BCUT2D eigenvalue weighted by atomic mass is 32.2. The van der Waals surface area contributed by atoms with Crippen LogP contribution in [-0.4, -0.2) is 31.2 Å². The number of carbonyl (C=O) groups is 2. The van der Waals surface area contributed by atoms with Crippen molar-refractivity contribution in [1.29, 1.82) is 0 Å². The number of nitrogens with one attached hydrogen (secondary N) is 1. The van der Waals surface area contributed by atoms with Gasteiger partial charge in [0.2, 0.25) is 9.84 Å². The first-order valence-electron chi connectivity index (χ1n) is 4.32. The number of aromatic carboxylic acids is 1. The molecule has 0 spiro atoms. The van der Waals surface area contributed by atoms with Gasteiger partial charge in [-0.2, -0.15) is 0 Å². The first-order chi connectivity index (χ1) is 7.44. The fourth-order valence-corrected chi connectivity index (χ4v) is 2.87. The summed E-state index contributed by atoms with van der Waals surface area (Å²) >= 11 is 0. The van der Waals surface area contributed by atoms with Crippen molar-refractivity contribution in [1.82, 2.24) is 0 Å². The number of anilines is 1. The lowest BCUT2D eigenvalue weighted by atomic mass is 10.2. The zero-order valence-corrected chi connectivity index (χ0v) is 8.74. The molecule has 0 saturated heterocycles. The minimum absolute atomic E-state index is 0.152. The molecule has 0 atom stereocenters. The van der Waals surface area contributed by atoms with Crippen LogP contribution in [-0.2, 0) is 14.6 Å². The van der Waals surface area contributed by atoms with Gasteiger partial charge in [0.1, 0.15) is 4.90 Å². The third-order valence-corrected chi connectivity index (χ3v) is 3.96. The number of sulfone groups is 1. The van der Waals surface area contributed by atoms with Gasteiger partial charge in [0.25, 0.3) is 5.12 Å². The standard InChI is InChI=1S/C9H7NO5S/c11-7-4-10-6-3-1-2-5(9(12)13)8(6)16(7,14)15/h1-3,10H,4H2,(H,12,13). The largest absolute Gasteiger partial charge is 0.478 e. The number of hydrogen-bond acceptors (Lipinski definition) is 5. The summed E-state index contributed by atoms with van der Waals surface area (Å²) in [4.78, 5) is 21.6. The quantitative estimate of drug-likeness (QED) is 0.723. The van der Waals surface area contributed by atoms with E-state index in [0.29, 0.717) is 0 Å². The van der Waals surface area contributed by atoms with Crippen LogP contribution in [0.1, 0.15) is 10.4 Å². The lowest BCUT2D eigenvalue weighted by Gasteiger charge is -2.18. The topological polar surface area (TPSA) is 101 Å². The predicted octanol–water partition coefficient (Wildman–Crippen LogP) is 0.111. The van der Waals surface area contributed by atoms with Crippen LogP contribution in [0.4, 0.5) is 5.69 Å². The van der Waals surface area contributed by atoms with Gasteiger partial charge in [-0.1, -0.05) is 6.07 Å².